The second-order valence-electron chi connectivity index (χ2n) is 13.7. The summed E-state index contributed by atoms with van der Waals surface area (Å²) in [4.78, 5) is 2.49. The summed E-state index contributed by atoms with van der Waals surface area (Å²) in [7, 11) is 0. The molecule has 8 aromatic rings. The van der Waals surface area contributed by atoms with Crippen molar-refractivity contribution in [3.8, 4) is 22.3 Å². The third-order valence-corrected chi connectivity index (χ3v) is 10.6. The molecule has 9 rings (SSSR count). The molecule has 1 N–H and O–H groups in total. The Bertz CT molecular complexity index is 2650. The van der Waals surface area contributed by atoms with E-state index in [0.29, 0.717) is 0 Å². The first-order valence-electron chi connectivity index (χ1n) is 18.2. The predicted molar refractivity (Wildman–Crippen MR) is 225 cm³/mol. The number of nitrogens with zero attached hydrogens (tertiary/aromatic N) is 1. The molecule has 0 aromatic heterocycles. The van der Waals surface area contributed by atoms with E-state index < -0.39 is 0 Å². The van der Waals surface area contributed by atoms with Gasteiger partial charge in [-0.2, -0.15) is 0 Å². The molecule has 1 atom stereocenters. The fraction of sp³-hybridized carbons (Fsp3) is 0.0800. The lowest BCUT2D eigenvalue weighted by Crippen LogP contribution is -2.34. The Labute approximate surface area is 306 Å². The van der Waals surface area contributed by atoms with Gasteiger partial charge in [-0.05, 0) is 122 Å². The fourth-order valence-electron chi connectivity index (χ4n) is 8.14. The molecule has 1 unspecified atom stereocenters. The number of benzene rings is 8. The molecular formula is C50H40N2. The molecule has 1 aliphatic heterocycles. The Kier molecular flexibility index (Phi) is 8.14. The van der Waals surface area contributed by atoms with E-state index in [-0.39, 0.29) is 6.04 Å². The molecule has 8 aromatic carbocycles. The van der Waals surface area contributed by atoms with Gasteiger partial charge in [0.05, 0.1) is 17.4 Å². The molecule has 0 amide bonds. The first kappa shape index (κ1) is 31.6. The van der Waals surface area contributed by atoms with Crippen LogP contribution in [0.5, 0.6) is 0 Å². The summed E-state index contributed by atoms with van der Waals surface area (Å²) >= 11 is 0. The van der Waals surface area contributed by atoms with E-state index >= 15 is 0 Å². The van der Waals surface area contributed by atoms with Gasteiger partial charge in [-0.1, -0.05) is 146 Å². The van der Waals surface area contributed by atoms with Crippen LogP contribution in [-0.2, 0) is 0 Å². The van der Waals surface area contributed by atoms with Crippen molar-refractivity contribution in [1.29, 1.82) is 0 Å². The first-order valence-corrected chi connectivity index (χ1v) is 18.2. The van der Waals surface area contributed by atoms with Gasteiger partial charge in [0.1, 0.15) is 0 Å². The van der Waals surface area contributed by atoms with Crippen LogP contribution >= 0.6 is 0 Å². The summed E-state index contributed by atoms with van der Waals surface area (Å²) < 4.78 is 0. The molecule has 0 bridgehead atoms. The number of allylic oxidation sites excluding steroid dienone is 4. The van der Waals surface area contributed by atoms with Crippen LogP contribution in [0, 0.1) is 0 Å². The minimum Gasteiger partial charge on any atom is -0.381 e. The summed E-state index contributed by atoms with van der Waals surface area (Å²) in [5.74, 6) is 0. The molecule has 0 saturated carbocycles. The molecule has 2 heteroatoms. The Hall–Kier alpha value is -6.38. The van der Waals surface area contributed by atoms with Crippen LogP contribution in [0.2, 0.25) is 0 Å². The summed E-state index contributed by atoms with van der Waals surface area (Å²) in [6, 6.07) is 60.3. The maximum absolute atomic E-state index is 3.68. The van der Waals surface area contributed by atoms with E-state index in [9.17, 15) is 0 Å². The van der Waals surface area contributed by atoms with Crippen LogP contribution in [0.4, 0.5) is 17.1 Å². The van der Waals surface area contributed by atoms with Gasteiger partial charge < -0.3 is 10.2 Å². The van der Waals surface area contributed by atoms with Crippen molar-refractivity contribution in [3.63, 3.8) is 0 Å². The second kappa shape index (κ2) is 13.4. The van der Waals surface area contributed by atoms with E-state index in [1.54, 1.807) is 0 Å². The molecule has 0 radical (unpaired) electrons. The SMILES string of the molecule is C/C=C\C=C(/C)c1c2ccccc2c(-c2ccc3ccccc3c2)c2ccc(-c3ccc(N4c5ccccc5NCC4c4ccccc4)cc3)cc12. The van der Waals surface area contributed by atoms with Crippen molar-refractivity contribution in [2.75, 3.05) is 16.8 Å². The normalized spacial score (nSPS) is 14.6. The number of fused-ring (bicyclic) bond motifs is 4. The van der Waals surface area contributed by atoms with Crippen LogP contribution in [0.25, 0.3) is 60.1 Å². The van der Waals surface area contributed by atoms with E-state index in [4.69, 9.17) is 0 Å². The van der Waals surface area contributed by atoms with Crippen LogP contribution in [-0.4, -0.2) is 6.54 Å². The van der Waals surface area contributed by atoms with Crippen molar-refractivity contribution < 1.29 is 0 Å². The zero-order valence-corrected chi connectivity index (χ0v) is 29.6. The number of nitrogens with one attached hydrogen (secondary N) is 1. The standard InChI is InChI=1S/C50H40N2/c1-3-4-14-34(2)49-42-19-10-11-20-43(42)50(40-24-23-35-15-8-9-18-38(35)31-40)44-30-27-39(32-45(44)49)36-25-28-41(29-26-36)52-47-22-13-12-21-46(47)51-33-48(52)37-16-6-5-7-17-37/h3-32,48,51H,33H2,1-2H3/b4-3-,34-14+. The number of para-hydroxylation sites is 2. The van der Waals surface area contributed by atoms with Crippen molar-refractivity contribution in [2.24, 2.45) is 0 Å². The highest BCUT2D eigenvalue weighted by molar-refractivity contribution is 6.19. The van der Waals surface area contributed by atoms with Crippen molar-refractivity contribution in [3.05, 3.63) is 193 Å². The number of rotatable bonds is 6. The molecular weight excluding hydrogens is 629 g/mol. The Morgan fingerprint density at radius 1 is 0.596 bits per heavy atom. The maximum Gasteiger partial charge on any atom is 0.0764 e. The molecule has 1 heterocycles. The van der Waals surface area contributed by atoms with Gasteiger partial charge in [-0.15, -0.1) is 0 Å². The molecule has 2 nitrogen and oxygen atoms in total. The third-order valence-electron chi connectivity index (χ3n) is 10.6. The largest absolute Gasteiger partial charge is 0.381 e. The van der Waals surface area contributed by atoms with Crippen LogP contribution in [0.1, 0.15) is 31.0 Å². The smallest absolute Gasteiger partial charge is 0.0764 e. The Balaban J connectivity index is 1.21. The van der Waals surface area contributed by atoms with E-state index in [1.165, 1.54) is 82.6 Å². The van der Waals surface area contributed by atoms with Gasteiger partial charge in [0, 0.05) is 12.2 Å². The number of anilines is 3. The van der Waals surface area contributed by atoms with Crippen molar-refractivity contribution in [2.45, 2.75) is 19.9 Å². The minimum absolute atomic E-state index is 0.180. The van der Waals surface area contributed by atoms with Crippen LogP contribution < -0.4 is 10.2 Å². The second-order valence-corrected chi connectivity index (χ2v) is 13.7. The van der Waals surface area contributed by atoms with Crippen LogP contribution in [0.3, 0.4) is 0 Å². The monoisotopic (exact) mass is 668 g/mol. The summed E-state index contributed by atoms with van der Waals surface area (Å²) in [6.07, 6.45) is 6.49. The topological polar surface area (TPSA) is 15.3 Å². The molecule has 1 aliphatic rings. The van der Waals surface area contributed by atoms with Gasteiger partial charge in [0.15, 0.2) is 0 Å². The first-order chi connectivity index (χ1) is 25.7. The molecule has 250 valence electrons. The third kappa shape index (κ3) is 5.54. The highest BCUT2D eigenvalue weighted by Gasteiger charge is 2.28. The van der Waals surface area contributed by atoms with Gasteiger partial charge >= 0.3 is 0 Å². The zero-order chi connectivity index (χ0) is 35.0. The summed E-state index contributed by atoms with van der Waals surface area (Å²) in [5, 5.41) is 11.3. The predicted octanol–water partition coefficient (Wildman–Crippen LogP) is 13.8. The maximum atomic E-state index is 3.68. The lowest BCUT2D eigenvalue weighted by atomic mass is 9.84. The quantitative estimate of drug-likeness (QED) is 0.140. The number of hydrogen-bond donors (Lipinski definition) is 1. The van der Waals surface area contributed by atoms with E-state index in [0.717, 1.165) is 12.2 Å². The average Bonchev–Trinajstić information content (AvgIpc) is 3.21. The van der Waals surface area contributed by atoms with Gasteiger partial charge in [-0.3, -0.25) is 0 Å². The fourth-order valence-corrected chi connectivity index (χ4v) is 8.14. The molecule has 0 fully saturated rings. The van der Waals surface area contributed by atoms with E-state index in [2.05, 4.69) is 206 Å². The molecule has 52 heavy (non-hydrogen) atoms. The lowest BCUT2D eigenvalue weighted by molar-refractivity contribution is 0.713. The Morgan fingerprint density at radius 2 is 1.27 bits per heavy atom. The number of hydrogen-bond acceptors (Lipinski definition) is 2. The summed E-state index contributed by atoms with van der Waals surface area (Å²) in [6.45, 7) is 5.16. The van der Waals surface area contributed by atoms with Gasteiger partial charge in [0.2, 0.25) is 0 Å². The molecule has 0 spiro atoms. The van der Waals surface area contributed by atoms with E-state index in [1.807, 2.05) is 0 Å². The highest BCUT2D eigenvalue weighted by Crippen LogP contribution is 2.45. The average molecular weight is 669 g/mol. The van der Waals surface area contributed by atoms with Crippen molar-refractivity contribution >= 4 is 55.0 Å². The molecule has 0 aliphatic carbocycles. The molecule has 0 saturated heterocycles. The van der Waals surface area contributed by atoms with Gasteiger partial charge in [0.25, 0.3) is 0 Å². The van der Waals surface area contributed by atoms with Gasteiger partial charge in [-0.25, -0.2) is 0 Å². The highest BCUT2D eigenvalue weighted by atomic mass is 15.2. The van der Waals surface area contributed by atoms with Crippen LogP contribution in [0.15, 0.2) is 182 Å². The summed E-state index contributed by atoms with van der Waals surface area (Å²) in [5.41, 5.74) is 12.3. The Morgan fingerprint density at radius 3 is 2.10 bits per heavy atom. The van der Waals surface area contributed by atoms with Crippen molar-refractivity contribution in [1.82, 2.24) is 0 Å². The minimum atomic E-state index is 0.180. The zero-order valence-electron chi connectivity index (χ0n) is 29.6. The lowest BCUT2D eigenvalue weighted by Gasteiger charge is -2.40.